The topological polar surface area (TPSA) is 97.4 Å². The van der Waals surface area contributed by atoms with Crippen LogP contribution in [-0.2, 0) is 6.42 Å². The highest BCUT2D eigenvalue weighted by molar-refractivity contribution is 5.94. The third kappa shape index (κ3) is 6.44. The summed E-state index contributed by atoms with van der Waals surface area (Å²) in [6.45, 7) is 4.79. The molecule has 0 fully saturated rings. The number of aliphatic hydroxyl groups is 2. The minimum Gasteiger partial charge on any atom is -0.394 e. The number of carbonyl (C=O) groups excluding carboxylic acids is 1. The summed E-state index contributed by atoms with van der Waals surface area (Å²) in [5.74, 6) is 6.02. The van der Waals surface area contributed by atoms with Gasteiger partial charge in [0.1, 0.15) is 0 Å². The molecule has 1 aromatic heterocycles. The predicted octanol–water partition coefficient (Wildman–Crippen LogP) is 2.46. The van der Waals surface area contributed by atoms with Crippen molar-refractivity contribution in [3.05, 3.63) is 71.4 Å². The number of fused-ring (bicyclic) bond motifs is 1. The van der Waals surface area contributed by atoms with Gasteiger partial charge in [-0.05, 0) is 49.1 Å². The number of aromatic amines is 1. The van der Waals surface area contributed by atoms with Gasteiger partial charge >= 0.3 is 0 Å². The van der Waals surface area contributed by atoms with E-state index in [4.69, 9.17) is 0 Å². The third-order valence-corrected chi connectivity index (χ3v) is 5.56. The molecule has 6 heteroatoms. The fourth-order valence-electron chi connectivity index (χ4n) is 3.41. The first-order valence-electron chi connectivity index (χ1n) is 10.9. The summed E-state index contributed by atoms with van der Waals surface area (Å²) in [5.41, 5.74) is 3.34. The second-order valence-corrected chi connectivity index (χ2v) is 8.15. The molecule has 0 spiro atoms. The van der Waals surface area contributed by atoms with Crippen LogP contribution in [0.15, 0.2) is 54.7 Å². The second-order valence-electron chi connectivity index (χ2n) is 8.15. The number of amides is 1. The molecule has 0 saturated carbocycles. The standard InChI is InChI=1S/C26H31N3O3/c1-18(19(2)31)15-27-12-6-8-20-7-5-9-21(13-20)26(32)29-23(17-30)14-22-16-28-25-11-4-3-10-24(22)25/h3-5,7,9-11,13,16,18-19,23,27-28,30-31H,12,14-15,17H2,1-2H3,(H,29,32)/t18-,19-,23-/m1/s1. The lowest BCUT2D eigenvalue weighted by atomic mass is 10.0. The van der Waals surface area contributed by atoms with Crippen molar-refractivity contribution in [3.63, 3.8) is 0 Å². The summed E-state index contributed by atoms with van der Waals surface area (Å²) in [7, 11) is 0. The van der Waals surface area contributed by atoms with Crippen LogP contribution < -0.4 is 10.6 Å². The third-order valence-electron chi connectivity index (χ3n) is 5.56. The maximum atomic E-state index is 12.8. The van der Waals surface area contributed by atoms with Crippen molar-refractivity contribution in [2.75, 3.05) is 19.7 Å². The van der Waals surface area contributed by atoms with Crippen molar-refractivity contribution < 1.29 is 15.0 Å². The number of aliphatic hydroxyl groups excluding tert-OH is 2. The van der Waals surface area contributed by atoms with E-state index < -0.39 is 6.04 Å². The van der Waals surface area contributed by atoms with E-state index in [1.165, 1.54) is 0 Å². The lowest BCUT2D eigenvalue weighted by molar-refractivity contribution is 0.0916. The Morgan fingerprint density at radius 1 is 1.16 bits per heavy atom. The number of aromatic nitrogens is 1. The summed E-state index contributed by atoms with van der Waals surface area (Å²) in [6.07, 6.45) is 2.10. The zero-order valence-electron chi connectivity index (χ0n) is 18.6. The lowest BCUT2D eigenvalue weighted by Gasteiger charge is -2.16. The van der Waals surface area contributed by atoms with Gasteiger partial charge in [0.2, 0.25) is 0 Å². The number of carbonyl (C=O) groups is 1. The van der Waals surface area contributed by atoms with E-state index in [-0.39, 0.29) is 24.5 Å². The summed E-state index contributed by atoms with van der Waals surface area (Å²) < 4.78 is 0. The van der Waals surface area contributed by atoms with Gasteiger partial charge in [-0.2, -0.15) is 0 Å². The molecule has 3 rings (SSSR count). The fraction of sp³-hybridized carbons (Fsp3) is 0.346. The van der Waals surface area contributed by atoms with E-state index in [9.17, 15) is 15.0 Å². The van der Waals surface area contributed by atoms with Crippen molar-refractivity contribution in [2.24, 2.45) is 5.92 Å². The number of para-hydroxylation sites is 1. The van der Waals surface area contributed by atoms with Gasteiger partial charge in [0.25, 0.3) is 5.91 Å². The maximum absolute atomic E-state index is 12.8. The normalized spacial score (nSPS) is 13.8. The fourth-order valence-corrected chi connectivity index (χ4v) is 3.41. The van der Waals surface area contributed by atoms with Crippen LogP contribution in [0.3, 0.4) is 0 Å². The van der Waals surface area contributed by atoms with Crippen molar-refractivity contribution in [2.45, 2.75) is 32.4 Å². The molecule has 0 unspecified atom stereocenters. The van der Waals surface area contributed by atoms with Gasteiger partial charge in [0.15, 0.2) is 0 Å². The number of rotatable bonds is 9. The minimum atomic E-state index is -0.392. The van der Waals surface area contributed by atoms with Crippen LogP contribution in [-0.4, -0.2) is 52.9 Å². The van der Waals surface area contributed by atoms with E-state index in [1.807, 2.05) is 43.5 Å². The highest BCUT2D eigenvalue weighted by Gasteiger charge is 2.16. The molecule has 0 aliphatic carbocycles. The first-order valence-corrected chi connectivity index (χ1v) is 10.9. The largest absolute Gasteiger partial charge is 0.394 e. The molecular weight excluding hydrogens is 402 g/mol. The van der Waals surface area contributed by atoms with Gasteiger partial charge in [-0.3, -0.25) is 4.79 Å². The Hall–Kier alpha value is -3.11. The van der Waals surface area contributed by atoms with E-state index in [1.54, 1.807) is 25.1 Å². The van der Waals surface area contributed by atoms with Gasteiger partial charge in [-0.1, -0.05) is 43.0 Å². The van der Waals surface area contributed by atoms with Crippen LogP contribution in [0.2, 0.25) is 0 Å². The SMILES string of the molecule is C[C@H](CNCC#Cc1cccc(C(=O)N[C@@H](CO)Cc2c[nH]c3ccccc23)c1)[C@@H](C)O. The first-order chi connectivity index (χ1) is 15.5. The molecule has 5 N–H and O–H groups in total. The molecule has 0 saturated heterocycles. The van der Waals surface area contributed by atoms with Crippen molar-refractivity contribution >= 4 is 16.8 Å². The van der Waals surface area contributed by atoms with Crippen LogP contribution in [0.4, 0.5) is 0 Å². The lowest BCUT2D eigenvalue weighted by Crippen LogP contribution is -2.39. The molecule has 1 amide bonds. The van der Waals surface area contributed by atoms with E-state index in [0.29, 0.717) is 25.1 Å². The summed E-state index contributed by atoms with van der Waals surface area (Å²) in [5, 5.41) is 26.5. The van der Waals surface area contributed by atoms with Crippen LogP contribution in [0, 0.1) is 17.8 Å². The molecular formula is C26H31N3O3. The number of hydrogen-bond acceptors (Lipinski definition) is 4. The number of hydrogen-bond donors (Lipinski definition) is 5. The van der Waals surface area contributed by atoms with Crippen LogP contribution in [0.5, 0.6) is 0 Å². The highest BCUT2D eigenvalue weighted by atomic mass is 16.3. The van der Waals surface area contributed by atoms with Gasteiger partial charge in [0, 0.05) is 34.8 Å². The van der Waals surface area contributed by atoms with Crippen molar-refractivity contribution in [1.82, 2.24) is 15.6 Å². The van der Waals surface area contributed by atoms with Crippen LogP contribution >= 0.6 is 0 Å². The molecule has 0 aliphatic heterocycles. The number of benzene rings is 2. The van der Waals surface area contributed by atoms with E-state index in [2.05, 4.69) is 27.5 Å². The second kappa shape index (κ2) is 11.5. The summed E-state index contributed by atoms with van der Waals surface area (Å²) in [4.78, 5) is 16.0. The zero-order chi connectivity index (χ0) is 22.9. The van der Waals surface area contributed by atoms with Crippen molar-refractivity contribution in [1.29, 1.82) is 0 Å². The van der Waals surface area contributed by atoms with Crippen molar-refractivity contribution in [3.8, 4) is 11.8 Å². The Kier molecular flexibility index (Phi) is 8.46. The number of nitrogens with one attached hydrogen (secondary N) is 3. The Balaban J connectivity index is 1.58. The highest BCUT2D eigenvalue weighted by Crippen LogP contribution is 2.19. The zero-order valence-corrected chi connectivity index (χ0v) is 18.6. The smallest absolute Gasteiger partial charge is 0.251 e. The molecule has 2 aromatic carbocycles. The maximum Gasteiger partial charge on any atom is 0.251 e. The Morgan fingerprint density at radius 3 is 2.75 bits per heavy atom. The molecule has 6 nitrogen and oxygen atoms in total. The first kappa shape index (κ1) is 23.6. The predicted molar refractivity (Wildman–Crippen MR) is 127 cm³/mol. The monoisotopic (exact) mass is 433 g/mol. The molecule has 168 valence electrons. The molecule has 0 aliphatic rings. The van der Waals surface area contributed by atoms with Crippen LogP contribution in [0.1, 0.15) is 35.3 Å². The van der Waals surface area contributed by atoms with Gasteiger partial charge < -0.3 is 25.8 Å². The quantitative estimate of drug-likeness (QED) is 0.265. The van der Waals surface area contributed by atoms with Gasteiger partial charge in [0.05, 0.1) is 25.3 Å². The molecule has 3 atom stereocenters. The molecule has 32 heavy (non-hydrogen) atoms. The Bertz CT molecular complexity index is 1090. The molecule has 0 radical (unpaired) electrons. The average molecular weight is 434 g/mol. The Labute approximate surface area is 189 Å². The van der Waals surface area contributed by atoms with Gasteiger partial charge in [-0.15, -0.1) is 0 Å². The van der Waals surface area contributed by atoms with Crippen LogP contribution in [0.25, 0.3) is 10.9 Å². The van der Waals surface area contributed by atoms with E-state index in [0.717, 1.165) is 22.0 Å². The Morgan fingerprint density at radius 2 is 1.97 bits per heavy atom. The summed E-state index contributed by atoms with van der Waals surface area (Å²) in [6, 6.07) is 14.7. The molecule has 0 bridgehead atoms. The summed E-state index contributed by atoms with van der Waals surface area (Å²) >= 11 is 0. The van der Waals surface area contributed by atoms with E-state index >= 15 is 0 Å². The average Bonchev–Trinajstić information content (AvgIpc) is 3.21. The van der Waals surface area contributed by atoms with Gasteiger partial charge in [-0.25, -0.2) is 0 Å². The minimum absolute atomic E-state index is 0.151. The molecule has 1 heterocycles. The number of H-pyrrole nitrogens is 1. The molecule has 3 aromatic rings.